The van der Waals surface area contributed by atoms with Crippen molar-refractivity contribution in [1.29, 1.82) is 0 Å². The minimum absolute atomic E-state index is 0.229. The first kappa shape index (κ1) is 22.8. The van der Waals surface area contributed by atoms with E-state index in [1.165, 1.54) is 24.3 Å². The van der Waals surface area contributed by atoms with Gasteiger partial charge in [-0.2, -0.15) is 13.2 Å². The number of halogens is 4. The highest BCUT2D eigenvalue weighted by Gasteiger charge is 2.34. The van der Waals surface area contributed by atoms with Crippen LogP contribution in [0.15, 0.2) is 48.5 Å². The van der Waals surface area contributed by atoms with Crippen LogP contribution in [0.2, 0.25) is 0 Å². The van der Waals surface area contributed by atoms with E-state index in [-0.39, 0.29) is 17.9 Å². The molecule has 0 N–H and O–H groups in total. The molecule has 1 aliphatic heterocycles. The van der Waals surface area contributed by atoms with Crippen molar-refractivity contribution in [2.75, 3.05) is 31.1 Å². The molecule has 2 fully saturated rings. The minimum atomic E-state index is -4.38. The second-order valence-electron chi connectivity index (χ2n) is 8.95. The van der Waals surface area contributed by atoms with Crippen molar-refractivity contribution in [1.82, 2.24) is 25.1 Å². The van der Waals surface area contributed by atoms with Gasteiger partial charge in [0.15, 0.2) is 5.82 Å². The number of benzene rings is 2. The molecular weight excluding hydrogens is 448 g/mol. The van der Waals surface area contributed by atoms with Gasteiger partial charge in [-0.1, -0.05) is 31.0 Å². The van der Waals surface area contributed by atoms with E-state index in [0.717, 1.165) is 37.3 Å². The van der Waals surface area contributed by atoms with Gasteiger partial charge in [0, 0.05) is 31.9 Å². The Morgan fingerprint density at radius 1 is 0.912 bits per heavy atom. The predicted octanol–water partition coefficient (Wildman–Crippen LogP) is 4.86. The number of piperazine rings is 1. The van der Waals surface area contributed by atoms with Crippen LogP contribution in [-0.4, -0.2) is 51.3 Å². The van der Waals surface area contributed by atoms with Crippen molar-refractivity contribution >= 4 is 5.69 Å². The second-order valence-corrected chi connectivity index (χ2v) is 8.95. The van der Waals surface area contributed by atoms with Crippen molar-refractivity contribution in [2.45, 2.75) is 43.9 Å². The lowest BCUT2D eigenvalue weighted by atomic mass is 10.0. The van der Waals surface area contributed by atoms with E-state index in [1.807, 2.05) is 15.6 Å². The summed E-state index contributed by atoms with van der Waals surface area (Å²) < 4.78 is 55.6. The highest BCUT2D eigenvalue weighted by Crippen LogP contribution is 2.36. The number of rotatable bonds is 5. The molecule has 0 amide bonds. The topological polar surface area (TPSA) is 50.1 Å². The van der Waals surface area contributed by atoms with Crippen molar-refractivity contribution in [3.8, 4) is 0 Å². The van der Waals surface area contributed by atoms with E-state index in [2.05, 4.69) is 20.4 Å². The number of alkyl halides is 3. The SMILES string of the molecule is Fc1cccc([C@@H](c2nnnn2C2CCCC2)N2CCN(c3cccc(C(F)(F)F)c3)CC2)c1. The molecule has 1 aromatic heterocycles. The fourth-order valence-electron chi connectivity index (χ4n) is 5.11. The fraction of sp³-hybridized carbons (Fsp3) is 0.458. The van der Waals surface area contributed by atoms with Gasteiger partial charge in [-0.05, 0) is 59.2 Å². The average Bonchev–Trinajstić information content (AvgIpc) is 3.52. The third-order valence-corrected chi connectivity index (χ3v) is 6.82. The standard InChI is InChI=1S/C24H26F4N6/c25-19-7-3-5-17(15-19)22(23-29-30-31-34(23)20-8-1-2-9-20)33-13-11-32(12-14-33)21-10-4-6-18(16-21)24(26,27)28/h3-7,10,15-16,20,22H,1-2,8-9,11-14H2/t22-/m0/s1. The Bertz CT molecular complexity index is 1120. The summed E-state index contributed by atoms with van der Waals surface area (Å²) in [7, 11) is 0. The summed E-state index contributed by atoms with van der Waals surface area (Å²) in [5.74, 6) is 0.356. The molecule has 2 heterocycles. The molecule has 1 saturated carbocycles. The molecule has 0 radical (unpaired) electrons. The van der Waals surface area contributed by atoms with Crippen LogP contribution in [0.5, 0.6) is 0 Å². The van der Waals surface area contributed by atoms with Crippen molar-refractivity contribution in [2.24, 2.45) is 0 Å². The van der Waals surface area contributed by atoms with Gasteiger partial charge >= 0.3 is 6.18 Å². The van der Waals surface area contributed by atoms with E-state index in [4.69, 9.17) is 0 Å². The number of aromatic nitrogens is 4. The van der Waals surface area contributed by atoms with Crippen LogP contribution in [0.4, 0.5) is 23.2 Å². The molecular formula is C24H26F4N6. The second kappa shape index (κ2) is 9.32. The van der Waals surface area contributed by atoms with Gasteiger partial charge in [0.1, 0.15) is 5.82 Å². The summed E-state index contributed by atoms with van der Waals surface area (Å²) in [6.45, 7) is 2.24. The maximum atomic E-state index is 14.2. The molecule has 0 bridgehead atoms. The smallest absolute Gasteiger partial charge is 0.369 e. The number of anilines is 1. The molecule has 1 saturated heterocycles. The Morgan fingerprint density at radius 3 is 2.35 bits per heavy atom. The first-order valence-corrected chi connectivity index (χ1v) is 11.6. The zero-order valence-corrected chi connectivity index (χ0v) is 18.6. The molecule has 34 heavy (non-hydrogen) atoms. The number of hydrogen-bond donors (Lipinski definition) is 0. The first-order chi connectivity index (χ1) is 16.4. The molecule has 180 valence electrons. The van der Waals surface area contributed by atoms with Crippen LogP contribution < -0.4 is 4.90 Å². The number of tetrazole rings is 1. The summed E-state index contributed by atoms with van der Waals surface area (Å²) in [5.41, 5.74) is 0.662. The molecule has 2 aliphatic rings. The molecule has 0 unspecified atom stereocenters. The predicted molar refractivity (Wildman–Crippen MR) is 119 cm³/mol. The molecule has 2 aromatic carbocycles. The molecule has 3 aromatic rings. The van der Waals surface area contributed by atoms with Crippen LogP contribution in [0, 0.1) is 5.82 Å². The maximum Gasteiger partial charge on any atom is 0.416 e. The summed E-state index contributed by atoms with van der Waals surface area (Å²) in [4.78, 5) is 4.14. The number of nitrogens with zero attached hydrogens (tertiary/aromatic N) is 6. The maximum absolute atomic E-state index is 14.2. The van der Waals surface area contributed by atoms with Crippen LogP contribution >= 0.6 is 0 Å². The average molecular weight is 475 g/mol. The summed E-state index contributed by atoms with van der Waals surface area (Å²) in [6, 6.07) is 11.8. The lowest BCUT2D eigenvalue weighted by molar-refractivity contribution is -0.137. The molecule has 1 atom stereocenters. The third-order valence-electron chi connectivity index (χ3n) is 6.82. The van der Waals surface area contributed by atoms with Gasteiger partial charge in [-0.3, -0.25) is 4.90 Å². The number of hydrogen-bond acceptors (Lipinski definition) is 5. The molecule has 10 heteroatoms. The fourth-order valence-corrected chi connectivity index (χ4v) is 5.11. The highest BCUT2D eigenvalue weighted by molar-refractivity contribution is 5.49. The zero-order chi connectivity index (χ0) is 23.7. The highest BCUT2D eigenvalue weighted by atomic mass is 19.4. The quantitative estimate of drug-likeness (QED) is 0.495. The van der Waals surface area contributed by atoms with E-state index >= 15 is 0 Å². The lowest BCUT2D eigenvalue weighted by Crippen LogP contribution is -2.48. The first-order valence-electron chi connectivity index (χ1n) is 11.6. The van der Waals surface area contributed by atoms with Crippen molar-refractivity contribution < 1.29 is 17.6 Å². The van der Waals surface area contributed by atoms with Crippen LogP contribution in [-0.2, 0) is 6.18 Å². The lowest BCUT2D eigenvalue weighted by Gasteiger charge is -2.40. The Balaban J connectivity index is 1.41. The van der Waals surface area contributed by atoms with Crippen molar-refractivity contribution in [3.05, 3.63) is 71.3 Å². The van der Waals surface area contributed by atoms with Crippen LogP contribution in [0.25, 0.3) is 0 Å². The van der Waals surface area contributed by atoms with E-state index in [9.17, 15) is 17.6 Å². The third kappa shape index (κ3) is 4.64. The Kier molecular flexibility index (Phi) is 6.24. The van der Waals surface area contributed by atoms with Crippen LogP contribution in [0.3, 0.4) is 0 Å². The molecule has 6 nitrogen and oxygen atoms in total. The molecule has 0 spiro atoms. The van der Waals surface area contributed by atoms with E-state index in [1.54, 1.807) is 12.1 Å². The minimum Gasteiger partial charge on any atom is -0.369 e. The van der Waals surface area contributed by atoms with E-state index < -0.39 is 11.7 Å². The van der Waals surface area contributed by atoms with Crippen LogP contribution in [0.1, 0.15) is 54.7 Å². The summed E-state index contributed by atoms with van der Waals surface area (Å²) >= 11 is 0. The summed E-state index contributed by atoms with van der Waals surface area (Å²) in [5, 5.41) is 12.6. The Labute approximate surface area is 195 Å². The van der Waals surface area contributed by atoms with E-state index in [0.29, 0.717) is 37.7 Å². The molecule has 5 rings (SSSR count). The van der Waals surface area contributed by atoms with Gasteiger partial charge in [-0.25, -0.2) is 9.07 Å². The van der Waals surface area contributed by atoms with Gasteiger partial charge in [0.2, 0.25) is 0 Å². The van der Waals surface area contributed by atoms with Gasteiger partial charge in [0.25, 0.3) is 0 Å². The Hall–Kier alpha value is -3.01. The largest absolute Gasteiger partial charge is 0.416 e. The summed E-state index contributed by atoms with van der Waals surface area (Å²) in [6.07, 6.45) is -0.0966. The van der Waals surface area contributed by atoms with Gasteiger partial charge < -0.3 is 4.90 Å². The Morgan fingerprint density at radius 2 is 1.65 bits per heavy atom. The normalized spacial score (nSPS) is 19.0. The zero-order valence-electron chi connectivity index (χ0n) is 18.6. The monoisotopic (exact) mass is 474 g/mol. The molecule has 1 aliphatic carbocycles. The van der Waals surface area contributed by atoms with Crippen molar-refractivity contribution in [3.63, 3.8) is 0 Å². The van der Waals surface area contributed by atoms with Gasteiger partial charge in [-0.15, -0.1) is 5.10 Å². The van der Waals surface area contributed by atoms with Gasteiger partial charge in [0.05, 0.1) is 17.6 Å².